The highest BCUT2D eigenvalue weighted by atomic mass is 127. The molecule has 0 radical (unpaired) electrons. The van der Waals surface area contributed by atoms with Gasteiger partial charge in [0.15, 0.2) is 5.96 Å². The van der Waals surface area contributed by atoms with E-state index in [1.807, 2.05) is 4.90 Å². The number of nitrogens with one attached hydrogen (secondary N) is 1. The van der Waals surface area contributed by atoms with Gasteiger partial charge in [-0.1, -0.05) is 18.2 Å². The third kappa shape index (κ3) is 5.55. The molecular weight excluding hydrogens is 439 g/mol. The summed E-state index contributed by atoms with van der Waals surface area (Å²) in [6, 6.07) is 6.63. The number of aliphatic imine (C=N–C) groups is 1. The van der Waals surface area contributed by atoms with Crippen LogP contribution in [0.2, 0.25) is 0 Å². The van der Waals surface area contributed by atoms with Crippen molar-refractivity contribution in [3.05, 3.63) is 39.9 Å². The van der Waals surface area contributed by atoms with E-state index in [0.717, 1.165) is 0 Å². The van der Waals surface area contributed by atoms with Gasteiger partial charge in [0.1, 0.15) is 0 Å². The summed E-state index contributed by atoms with van der Waals surface area (Å²) in [4.78, 5) is 28.5. The molecular formula is C16H23IN4O4. The summed E-state index contributed by atoms with van der Waals surface area (Å²) in [7, 11) is 3.08. The van der Waals surface area contributed by atoms with Gasteiger partial charge >= 0.3 is 5.97 Å². The third-order valence-electron chi connectivity index (χ3n) is 4.17. The van der Waals surface area contributed by atoms with Crippen LogP contribution < -0.4 is 5.32 Å². The second-order valence-corrected chi connectivity index (χ2v) is 5.57. The Labute approximate surface area is 163 Å². The van der Waals surface area contributed by atoms with Crippen molar-refractivity contribution in [3.8, 4) is 0 Å². The summed E-state index contributed by atoms with van der Waals surface area (Å²) in [6.07, 6.45) is 1.41. The Morgan fingerprint density at radius 1 is 1.40 bits per heavy atom. The minimum Gasteiger partial charge on any atom is -0.469 e. The zero-order chi connectivity index (χ0) is 17.5. The first-order valence-corrected chi connectivity index (χ1v) is 7.82. The molecule has 1 aromatic rings. The van der Waals surface area contributed by atoms with Crippen LogP contribution in [-0.2, 0) is 16.1 Å². The van der Waals surface area contributed by atoms with Gasteiger partial charge in [-0.25, -0.2) is 0 Å². The number of hydrogen-bond donors (Lipinski definition) is 1. The van der Waals surface area contributed by atoms with E-state index < -0.39 is 0 Å². The van der Waals surface area contributed by atoms with Crippen LogP contribution in [0.3, 0.4) is 0 Å². The van der Waals surface area contributed by atoms with Crippen LogP contribution in [0.25, 0.3) is 0 Å². The quantitative estimate of drug-likeness (QED) is 0.184. The van der Waals surface area contributed by atoms with E-state index in [2.05, 4.69) is 10.3 Å². The molecule has 0 saturated carbocycles. The van der Waals surface area contributed by atoms with E-state index >= 15 is 0 Å². The molecule has 9 heteroatoms. The molecule has 1 saturated heterocycles. The molecule has 25 heavy (non-hydrogen) atoms. The lowest BCUT2D eigenvalue weighted by Gasteiger charge is -2.33. The number of benzene rings is 1. The lowest BCUT2D eigenvalue weighted by molar-refractivity contribution is -0.385. The molecule has 8 nitrogen and oxygen atoms in total. The summed E-state index contributed by atoms with van der Waals surface area (Å²) in [5, 5.41) is 14.2. The molecule has 1 fully saturated rings. The van der Waals surface area contributed by atoms with E-state index in [0.29, 0.717) is 44.0 Å². The largest absolute Gasteiger partial charge is 0.469 e. The normalized spacial score (nSPS) is 15.3. The van der Waals surface area contributed by atoms with Gasteiger partial charge in [-0.05, 0) is 12.8 Å². The van der Waals surface area contributed by atoms with Gasteiger partial charge in [-0.2, -0.15) is 0 Å². The lowest BCUT2D eigenvalue weighted by atomic mass is 9.97. The Morgan fingerprint density at radius 2 is 2.04 bits per heavy atom. The number of nitro groups is 1. The molecule has 0 aliphatic carbocycles. The van der Waals surface area contributed by atoms with Crippen LogP contribution in [0.15, 0.2) is 29.3 Å². The molecule has 1 N–H and O–H groups in total. The average molecular weight is 462 g/mol. The van der Waals surface area contributed by atoms with E-state index in [-0.39, 0.29) is 46.5 Å². The molecule has 0 spiro atoms. The summed E-state index contributed by atoms with van der Waals surface area (Å²) >= 11 is 0. The molecule has 0 bridgehead atoms. The Hall–Kier alpha value is -1.91. The Balaban J connectivity index is 0.00000312. The summed E-state index contributed by atoms with van der Waals surface area (Å²) < 4.78 is 4.79. The van der Waals surface area contributed by atoms with Crippen LogP contribution in [0.1, 0.15) is 18.4 Å². The lowest BCUT2D eigenvalue weighted by Crippen LogP contribution is -2.46. The Bertz CT molecular complexity index is 630. The van der Waals surface area contributed by atoms with E-state index in [1.54, 1.807) is 25.2 Å². The number of rotatable bonds is 4. The number of nitro benzene ring substituents is 1. The highest BCUT2D eigenvalue weighted by Crippen LogP contribution is 2.20. The van der Waals surface area contributed by atoms with Gasteiger partial charge in [0.25, 0.3) is 5.69 Å². The highest BCUT2D eigenvalue weighted by Gasteiger charge is 2.27. The number of halogens is 1. The van der Waals surface area contributed by atoms with Crippen molar-refractivity contribution in [2.45, 2.75) is 19.4 Å². The Morgan fingerprint density at radius 3 is 2.60 bits per heavy atom. The number of ether oxygens (including phenoxy) is 1. The van der Waals surface area contributed by atoms with Crippen LogP contribution in [0.4, 0.5) is 5.69 Å². The van der Waals surface area contributed by atoms with Gasteiger partial charge < -0.3 is 15.0 Å². The average Bonchev–Trinajstić information content (AvgIpc) is 2.62. The zero-order valence-electron chi connectivity index (χ0n) is 14.3. The van der Waals surface area contributed by atoms with Crippen molar-refractivity contribution in [2.75, 3.05) is 27.2 Å². The third-order valence-corrected chi connectivity index (χ3v) is 4.17. The monoisotopic (exact) mass is 462 g/mol. The van der Waals surface area contributed by atoms with Gasteiger partial charge in [0.2, 0.25) is 0 Å². The standard InChI is InChI=1S/C16H22N4O4.HI/c1-17-16(19-9-7-12(8-10-19)15(21)24-2)18-11-13-5-3-4-6-14(13)20(22)23;/h3-6,12H,7-11H2,1-2H3,(H,17,18);1H. The number of para-hydroxylation sites is 1. The first kappa shape index (κ1) is 21.1. The Kier molecular flexibility index (Phi) is 8.59. The minimum absolute atomic E-state index is 0. The predicted molar refractivity (Wildman–Crippen MR) is 105 cm³/mol. The van der Waals surface area contributed by atoms with Crippen molar-refractivity contribution < 1.29 is 14.5 Å². The number of hydrogen-bond acceptors (Lipinski definition) is 5. The van der Waals surface area contributed by atoms with Crippen molar-refractivity contribution in [1.29, 1.82) is 0 Å². The number of likely N-dealkylation sites (tertiary alicyclic amines) is 1. The van der Waals surface area contributed by atoms with Crippen LogP contribution >= 0.6 is 24.0 Å². The molecule has 0 unspecified atom stereocenters. The predicted octanol–water partition coefficient (Wildman–Crippen LogP) is 2.17. The van der Waals surface area contributed by atoms with Crippen molar-refractivity contribution >= 4 is 41.6 Å². The smallest absolute Gasteiger partial charge is 0.308 e. The summed E-state index contributed by atoms with van der Waals surface area (Å²) in [6.45, 7) is 1.70. The molecule has 1 heterocycles. The van der Waals surface area contributed by atoms with Crippen molar-refractivity contribution in [1.82, 2.24) is 10.2 Å². The van der Waals surface area contributed by atoms with Crippen LogP contribution in [0.5, 0.6) is 0 Å². The second-order valence-electron chi connectivity index (χ2n) is 5.57. The zero-order valence-corrected chi connectivity index (χ0v) is 16.6. The summed E-state index contributed by atoms with van der Waals surface area (Å²) in [5.74, 6) is 0.438. The van der Waals surface area contributed by atoms with Gasteiger partial charge in [-0.15, -0.1) is 24.0 Å². The molecule has 0 atom stereocenters. The number of nitrogens with zero attached hydrogens (tertiary/aromatic N) is 3. The number of carbonyl (C=O) groups is 1. The number of esters is 1. The number of guanidine groups is 1. The van der Waals surface area contributed by atoms with Crippen molar-refractivity contribution in [3.63, 3.8) is 0 Å². The highest BCUT2D eigenvalue weighted by molar-refractivity contribution is 14.0. The van der Waals surface area contributed by atoms with Gasteiger partial charge in [-0.3, -0.25) is 19.9 Å². The van der Waals surface area contributed by atoms with E-state index in [9.17, 15) is 14.9 Å². The molecule has 1 aromatic carbocycles. The number of carbonyl (C=O) groups excluding carboxylic acids is 1. The fourth-order valence-corrected chi connectivity index (χ4v) is 2.84. The fraction of sp³-hybridized carbons (Fsp3) is 0.500. The maximum atomic E-state index is 11.6. The number of piperidine rings is 1. The maximum Gasteiger partial charge on any atom is 0.308 e. The van der Waals surface area contributed by atoms with Crippen LogP contribution in [0, 0.1) is 16.0 Å². The number of methoxy groups -OCH3 is 1. The van der Waals surface area contributed by atoms with Gasteiger partial charge in [0.05, 0.1) is 18.0 Å². The van der Waals surface area contributed by atoms with Crippen LogP contribution in [-0.4, -0.2) is 49.0 Å². The molecule has 1 aliphatic heterocycles. The van der Waals surface area contributed by atoms with Gasteiger partial charge in [0, 0.05) is 38.3 Å². The summed E-state index contributed by atoms with van der Waals surface area (Å²) in [5.41, 5.74) is 0.693. The first-order chi connectivity index (χ1) is 11.6. The molecule has 138 valence electrons. The first-order valence-electron chi connectivity index (χ1n) is 7.82. The maximum absolute atomic E-state index is 11.6. The topological polar surface area (TPSA) is 97.1 Å². The molecule has 1 aliphatic rings. The van der Waals surface area contributed by atoms with Crippen molar-refractivity contribution in [2.24, 2.45) is 10.9 Å². The molecule has 0 amide bonds. The van der Waals surface area contributed by atoms with E-state index in [1.165, 1.54) is 13.2 Å². The fourth-order valence-electron chi connectivity index (χ4n) is 2.84. The molecule has 2 rings (SSSR count). The minimum atomic E-state index is -0.387. The SMILES string of the molecule is CN=C(NCc1ccccc1[N+](=O)[O-])N1CCC(C(=O)OC)CC1.I. The molecule has 0 aromatic heterocycles. The second kappa shape index (κ2) is 10.2. The van der Waals surface area contributed by atoms with E-state index in [4.69, 9.17) is 4.74 Å².